The minimum absolute atomic E-state index is 0.0127. The molecule has 1 fully saturated rings. The highest BCUT2D eigenvalue weighted by Gasteiger charge is 2.44. The van der Waals surface area contributed by atoms with Gasteiger partial charge in [0.25, 0.3) is 0 Å². The third kappa shape index (κ3) is 2.97. The van der Waals surface area contributed by atoms with E-state index in [1.165, 1.54) is 6.92 Å². The predicted octanol–water partition coefficient (Wildman–Crippen LogP) is 2.70. The first-order valence-electron chi connectivity index (χ1n) is 5.94. The number of nitro groups is 1. The Morgan fingerprint density at radius 2 is 2.17 bits per heavy atom. The van der Waals surface area contributed by atoms with E-state index in [1.54, 1.807) is 6.08 Å². The number of hydrogen-bond acceptors (Lipinski definition) is 4. The SMILES string of the molecule is C=C[C@@]1(C)C[C@H](OC(C)=O)CC[C@@H]1C(=C)[N+](=O)[O-]. The quantitative estimate of drug-likeness (QED) is 0.334. The normalized spacial score (nSPS) is 31.4. The van der Waals surface area contributed by atoms with Crippen LogP contribution in [0, 0.1) is 21.4 Å². The highest BCUT2D eigenvalue weighted by molar-refractivity contribution is 5.66. The maximum Gasteiger partial charge on any atom is 0.302 e. The average molecular weight is 253 g/mol. The molecule has 0 aromatic heterocycles. The van der Waals surface area contributed by atoms with Crippen molar-refractivity contribution >= 4 is 5.97 Å². The maximum atomic E-state index is 11.0. The van der Waals surface area contributed by atoms with Crippen LogP contribution >= 0.6 is 0 Å². The second-order valence-electron chi connectivity index (χ2n) is 5.02. The Labute approximate surface area is 107 Å². The van der Waals surface area contributed by atoms with Crippen molar-refractivity contribution in [2.45, 2.75) is 39.2 Å². The van der Waals surface area contributed by atoms with Crippen molar-refractivity contribution in [3.63, 3.8) is 0 Å². The van der Waals surface area contributed by atoms with E-state index >= 15 is 0 Å². The summed E-state index contributed by atoms with van der Waals surface area (Å²) < 4.78 is 5.19. The number of hydrogen-bond donors (Lipinski definition) is 0. The fourth-order valence-electron chi connectivity index (χ4n) is 2.65. The molecule has 0 saturated heterocycles. The van der Waals surface area contributed by atoms with Crippen LogP contribution in [0.4, 0.5) is 0 Å². The lowest BCUT2D eigenvalue weighted by molar-refractivity contribution is -0.436. The fraction of sp³-hybridized carbons (Fsp3) is 0.615. The zero-order valence-corrected chi connectivity index (χ0v) is 10.8. The van der Waals surface area contributed by atoms with Gasteiger partial charge in [0.15, 0.2) is 0 Å². The molecule has 0 N–H and O–H groups in total. The molecule has 0 unspecified atom stereocenters. The van der Waals surface area contributed by atoms with Crippen LogP contribution in [-0.2, 0) is 9.53 Å². The van der Waals surface area contributed by atoms with Gasteiger partial charge in [-0.3, -0.25) is 14.9 Å². The number of esters is 1. The first-order chi connectivity index (χ1) is 8.30. The van der Waals surface area contributed by atoms with Crippen LogP contribution in [0.2, 0.25) is 0 Å². The van der Waals surface area contributed by atoms with Crippen LogP contribution in [0.1, 0.15) is 33.1 Å². The fourth-order valence-corrected chi connectivity index (χ4v) is 2.65. The van der Waals surface area contributed by atoms with Crippen molar-refractivity contribution in [3.8, 4) is 0 Å². The Morgan fingerprint density at radius 1 is 1.56 bits per heavy atom. The van der Waals surface area contributed by atoms with Crippen molar-refractivity contribution in [3.05, 3.63) is 35.0 Å². The predicted molar refractivity (Wildman–Crippen MR) is 67.3 cm³/mol. The van der Waals surface area contributed by atoms with Crippen molar-refractivity contribution < 1.29 is 14.5 Å². The summed E-state index contributed by atoms with van der Waals surface area (Å²) in [5, 5.41) is 10.8. The molecule has 0 amide bonds. The second-order valence-corrected chi connectivity index (χ2v) is 5.02. The zero-order chi connectivity index (χ0) is 13.9. The minimum atomic E-state index is -0.456. The van der Waals surface area contributed by atoms with E-state index in [1.807, 2.05) is 6.92 Å². The lowest BCUT2D eigenvalue weighted by Crippen LogP contribution is -2.39. The van der Waals surface area contributed by atoms with Gasteiger partial charge in [-0.2, -0.15) is 0 Å². The molecule has 0 bridgehead atoms. The summed E-state index contributed by atoms with van der Waals surface area (Å²) in [6, 6.07) is 0. The van der Waals surface area contributed by atoms with Gasteiger partial charge in [0.2, 0.25) is 5.70 Å². The van der Waals surface area contributed by atoms with E-state index < -0.39 is 10.3 Å². The Morgan fingerprint density at radius 3 is 2.61 bits per heavy atom. The van der Waals surface area contributed by atoms with Crippen molar-refractivity contribution in [1.82, 2.24) is 0 Å². The molecule has 0 aromatic rings. The van der Waals surface area contributed by atoms with Gasteiger partial charge in [-0.05, 0) is 25.8 Å². The van der Waals surface area contributed by atoms with Crippen molar-refractivity contribution in [2.24, 2.45) is 11.3 Å². The summed E-state index contributed by atoms with van der Waals surface area (Å²) in [5.74, 6) is -0.574. The maximum absolute atomic E-state index is 11.0. The smallest absolute Gasteiger partial charge is 0.302 e. The summed E-state index contributed by atoms with van der Waals surface area (Å²) in [5.41, 5.74) is -0.443. The molecule has 1 saturated carbocycles. The van der Waals surface area contributed by atoms with Crippen LogP contribution < -0.4 is 0 Å². The van der Waals surface area contributed by atoms with Crippen LogP contribution in [-0.4, -0.2) is 17.0 Å². The van der Waals surface area contributed by atoms with Crippen molar-refractivity contribution in [1.29, 1.82) is 0 Å². The molecule has 18 heavy (non-hydrogen) atoms. The van der Waals surface area contributed by atoms with Crippen LogP contribution in [0.3, 0.4) is 0 Å². The molecule has 0 radical (unpaired) electrons. The van der Waals surface area contributed by atoms with E-state index in [4.69, 9.17) is 4.74 Å². The Kier molecular flexibility index (Phi) is 4.27. The third-order valence-corrected chi connectivity index (χ3v) is 3.68. The largest absolute Gasteiger partial charge is 0.463 e. The number of carbonyl (C=O) groups is 1. The molecule has 1 rings (SSSR count). The van der Waals surface area contributed by atoms with Gasteiger partial charge in [-0.25, -0.2) is 0 Å². The first-order valence-corrected chi connectivity index (χ1v) is 5.94. The molecule has 1 aliphatic rings. The Balaban J connectivity index is 2.86. The Hall–Kier alpha value is -1.65. The van der Waals surface area contributed by atoms with E-state index in [9.17, 15) is 14.9 Å². The molecular formula is C13H19NO4. The molecule has 5 heteroatoms. The van der Waals surface area contributed by atoms with Gasteiger partial charge < -0.3 is 4.74 Å². The Bertz CT molecular complexity index is 390. The van der Waals surface area contributed by atoms with E-state index in [0.29, 0.717) is 19.3 Å². The van der Waals surface area contributed by atoms with Gasteiger partial charge in [0, 0.05) is 12.3 Å². The summed E-state index contributed by atoms with van der Waals surface area (Å²) >= 11 is 0. The number of rotatable bonds is 4. The highest BCUT2D eigenvalue weighted by Crippen LogP contribution is 2.46. The van der Waals surface area contributed by atoms with Gasteiger partial charge in [0.1, 0.15) is 6.10 Å². The summed E-state index contributed by atoms with van der Waals surface area (Å²) in [7, 11) is 0. The lowest BCUT2D eigenvalue weighted by atomic mass is 9.65. The lowest BCUT2D eigenvalue weighted by Gasteiger charge is -2.40. The molecule has 100 valence electrons. The molecule has 1 aliphatic carbocycles. The van der Waals surface area contributed by atoms with Gasteiger partial charge >= 0.3 is 5.97 Å². The summed E-state index contributed by atoms with van der Waals surface area (Å²) in [4.78, 5) is 21.4. The van der Waals surface area contributed by atoms with Crippen LogP contribution in [0.25, 0.3) is 0 Å². The summed E-state index contributed by atoms with van der Waals surface area (Å²) in [6.45, 7) is 10.6. The van der Waals surface area contributed by atoms with E-state index in [-0.39, 0.29) is 23.7 Å². The molecule has 0 heterocycles. The summed E-state index contributed by atoms with van der Waals surface area (Å²) in [6.07, 6.45) is 3.28. The molecule has 0 spiro atoms. The average Bonchev–Trinajstić information content (AvgIpc) is 2.27. The molecule has 5 nitrogen and oxygen atoms in total. The van der Waals surface area contributed by atoms with E-state index in [0.717, 1.165) is 0 Å². The van der Waals surface area contributed by atoms with Gasteiger partial charge in [-0.15, -0.1) is 6.58 Å². The van der Waals surface area contributed by atoms with Gasteiger partial charge in [-0.1, -0.05) is 13.0 Å². The van der Waals surface area contributed by atoms with Gasteiger partial charge in [0.05, 0.1) is 10.8 Å². The molecular weight excluding hydrogens is 234 g/mol. The number of carbonyl (C=O) groups excluding carboxylic acids is 1. The number of ether oxygens (including phenoxy) is 1. The minimum Gasteiger partial charge on any atom is -0.463 e. The van der Waals surface area contributed by atoms with Crippen molar-refractivity contribution in [2.75, 3.05) is 0 Å². The third-order valence-electron chi connectivity index (χ3n) is 3.68. The highest BCUT2D eigenvalue weighted by atomic mass is 16.6. The molecule has 3 atom stereocenters. The number of nitrogens with zero attached hydrogens (tertiary/aromatic N) is 1. The van der Waals surface area contributed by atoms with Crippen LogP contribution in [0.15, 0.2) is 24.9 Å². The monoisotopic (exact) mass is 253 g/mol. The zero-order valence-electron chi connectivity index (χ0n) is 10.8. The molecule has 0 aliphatic heterocycles. The standard InChI is InChI=1S/C13H19NO4/c1-5-13(4)8-11(18-10(3)15)6-7-12(13)9(2)14(16)17/h5,11-12H,1-2,6-8H2,3-4H3/t11-,12-,13+/m1/s1. The molecule has 0 aromatic carbocycles. The van der Waals surface area contributed by atoms with Crippen LogP contribution in [0.5, 0.6) is 0 Å². The topological polar surface area (TPSA) is 69.4 Å². The van der Waals surface area contributed by atoms with E-state index in [2.05, 4.69) is 13.2 Å². The second kappa shape index (κ2) is 5.33. The number of allylic oxidation sites excluding steroid dienone is 2. The first kappa shape index (κ1) is 14.4.